The number of hydrogen-bond acceptors (Lipinski definition) is 4. The lowest BCUT2D eigenvalue weighted by molar-refractivity contribution is 0.194. The van der Waals surface area contributed by atoms with Gasteiger partial charge in [0.15, 0.2) is 0 Å². The molecule has 124 valence electrons. The van der Waals surface area contributed by atoms with E-state index in [1.165, 1.54) is 0 Å². The van der Waals surface area contributed by atoms with Crippen LogP contribution in [0, 0.1) is 0 Å². The van der Waals surface area contributed by atoms with E-state index in [0.29, 0.717) is 0 Å². The van der Waals surface area contributed by atoms with E-state index in [-0.39, 0.29) is 19.1 Å². The third kappa shape index (κ3) is 6.85. The second kappa shape index (κ2) is 8.08. The second-order valence-corrected chi connectivity index (χ2v) is 11.9. The molecule has 2 aromatic rings. The van der Waals surface area contributed by atoms with Gasteiger partial charge in [-0.2, -0.15) is 0 Å². The molecule has 0 aliphatic heterocycles. The van der Waals surface area contributed by atoms with Crippen molar-refractivity contribution < 1.29 is 18.2 Å². The molecule has 0 aliphatic rings. The predicted octanol–water partition coefficient (Wildman–Crippen LogP) is 5.19. The zero-order valence-electron chi connectivity index (χ0n) is 13.4. The molecule has 0 aromatic heterocycles. The molecule has 6 heteroatoms. The molecule has 0 spiro atoms. The number of rotatable bonds is 8. The summed E-state index contributed by atoms with van der Waals surface area (Å²) >= 11 is 0. The average molecular weight is 352 g/mol. The topological polar surface area (TPSA) is 52.6 Å². The molecule has 0 saturated heterocycles. The number of benzene rings is 2. The van der Waals surface area contributed by atoms with Gasteiger partial charge in [-0.3, -0.25) is 4.57 Å². The van der Waals surface area contributed by atoms with E-state index < -0.39 is 14.7 Å². The second-order valence-electron chi connectivity index (χ2n) is 5.84. The maximum atomic E-state index is 13.0. The smallest absolute Gasteiger partial charge is 0.323 e. The summed E-state index contributed by atoms with van der Waals surface area (Å²) in [6, 6.07) is 18.9. The van der Waals surface area contributed by atoms with E-state index in [9.17, 15) is 9.13 Å². The Balaban J connectivity index is 2.05. The van der Waals surface area contributed by atoms with Gasteiger partial charge in [0.05, 0.1) is 20.4 Å². The first kappa shape index (κ1) is 18.2. The molecule has 2 rings (SSSR count). The standard InChI is InChI=1S/C17H22O4P2/c1-22(2,18)15-23(19,20-13-16-9-5-3-6-10-16)21-14-17-11-7-4-8-12-17/h3-12H,13-15H2,1-2H3. The average Bonchev–Trinajstić information content (AvgIpc) is 2.52. The lowest BCUT2D eigenvalue weighted by Gasteiger charge is -2.20. The Morgan fingerprint density at radius 3 is 1.48 bits per heavy atom. The monoisotopic (exact) mass is 352 g/mol. The summed E-state index contributed by atoms with van der Waals surface area (Å²) in [5.74, 6) is -0.0559. The van der Waals surface area contributed by atoms with Crippen molar-refractivity contribution in [2.24, 2.45) is 0 Å². The fraction of sp³-hybridized carbons (Fsp3) is 0.294. The first-order valence-electron chi connectivity index (χ1n) is 7.36. The zero-order valence-corrected chi connectivity index (χ0v) is 15.2. The third-order valence-corrected chi connectivity index (χ3v) is 8.21. The van der Waals surface area contributed by atoms with Crippen LogP contribution in [-0.2, 0) is 31.4 Å². The van der Waals surface area contributed by atoms with Gasteiger partial charge in [-0.1, -0.05) is 60.7 Å². The Bertz CT molecular complexity index is 648. The van der Waals surface area contributed by atoms with E-state index >= 15 is 0 Å². The molecule has 0 atom stereocenters. The van der Waals surface area contributed by atoms with Crippen molar-refractivity contribution in [2.45, 2.75) is 13.2 Å². The molecule has 0 bridgehead atoms. The van der Waals surface area contributed by atoms with Crippen molar-refractivity contribution in [2.75, 3.05) is 19.2 Å². The maximum absolute atomic E-state index is 13.0. The van der Waals surface area contributed by atoms with Crippen LogP contribution in [0.15, 0.2) is 60.7 Å². The first-order valence-corrected chi connectivity index (χ1v) is 11.9. The van der Waals surface area contributed by atoms with Crippen LogP contribution in [0.3, 0.4) is 0 Å². The summed E-state index contributed by atoms with van der Waals surface area (Å²) in [4.78, 5) is 0. The maximum Gasteiger partial charge on any atom is 0.338 e. The van der Waals surface area contributed by atoms with Gasteiger partial charge >= 0.3 is 7.60 Å². The summed E-state index contributed by atoms with van der Waals surface area (Å²) in [7, 11) is -5.98. The van der Waals surface area contributed by atoms with Gasteiger partial charge in [0.1, 0.15) is 5.90 Å². The molecule has 0 unspecified atom stereocenters. The van der Waals surface area contributed by atoms with Crippen LogP contribution in [-0.4, -0.2) is 19.2 Å². The summed E-state index contributed by atoms with van der Waals surface area (Å²) in [6.07, 6.45) is 0. The van der Waals surface area contributed by atoms with Crippen LogP contribution < -0.4 is 0 Å². The Labute approximate surface area is 137 Å². The van der Waals surface area contributed by atoms with E-state index in [2.05, 4.69) is 0 Å². The summed E-state index contributed by atoms with van der Waals surface area (Å²) in [6.45, 7) is 3.54. The van der Waals surface area contributed by atoms with Gasteiger partial charge < -0.3 is 13.6 Å². The van der Waals surface area contributed by atoms with Crippen molar-refractivity contribution in [3.63, 3.8) is 0 Å². The molecule has 0 amide bonds. The Hall–Kier alpha value is -1.18. The van der Waals surface area contributed by atoms with E-state index in [1.807, 2.05) is 60.7 Å². The van der Waals surface area contributed by atoms with Crippen LogP contribution in [0.25, 0.3) is 0 Å². The first-order chi connectivity index (χ1) is 10.9. The Kier molecular flexibility index (Phi) is 6.38. The van der Waals surface area contributed by atoms with Crippen molar-refractivity contribution in [1.29, 1.82) is 0 Å². The molecule has 0 radical (unpaired) electrons. The molecule has 0 aliphatic carbocycles. The van der Waals surface area contributed by atoms with E-state index in [4.69, 9.17) is 9.05 Å². The highest BCUT2D eigenvalue weighted by atomic mass is 31.2. The zero-order chi connectivity index (χ0) is 16.8. The minimum atomic E-state index is -3.43. The minimum Gasteiger partial charge on any atom is -0.323 e. The van der Waals surface area contributed by atoms with Crippen molar-refractivity contribution >= 4 is 14.7 Å². The van der Waals surface area contributed by atoms with Crippen molar-refractivity contribution in [3.05, 3.63) is 71.8 Å². The SMILES string of the molecule is CP(C)(=O)CP(=O)(OCc1ccccc1)OCc1ccccc1. The lowest BCUT2D eigenvalue weighted by atomic mass is 10.2. The molecule has 23 heavy (non-hydrogen) atoms. The molecule has 2 aromatic carbocycles. The molecule has 0 heterocycles. The highest BCUT2D eigenvalue weighted by Crippen LogP contribution is 2.60. The normalized spacial score (nSPS) is 12.3. The summed E-state index contributed by atoms with van der Waals surface area (Å²) < 4.78 is 36.2. The van der Waals surface area contributed by atoms with E-state index in [1.54, 1.807) is 13.3 Å². The fourth-order valence-corrected chi connectivity index (χ4v) is 6.79. The highest BCUT2D eigenvalue weighted by molar-refractivity contribution is 7.75. The van der Waals surface area contributed by atoms with Gasteiger partial charge in [-0.25, -0.2) is 0 Å². The van der Waals surface area contributed by atoms with E-state index in [0.717, 1.165) is 11.1 Å². The molecular formula is C17H22O4P2. The number of hydrogen-bond donors (Lipinski definition) is 0. The molecule has 0 fully saturated rings. The van der Waals surface area contributed by atoms with Crippen molar-refractivity contribution in [1.82, 2.24) is 0 Å². The lowest BCUT2D eigenvalue weighted by Crippen LogP contribution is -2.02. The van der Waals surface area contributed by atoms with Crippen LogP contribution in [0.5, 0.6) is 0 Å². The molecule has 0 saturated carbocycles. The quantitative estimate of drug-likeness (QED) is 0.613. The van der Waals surface area contributed by atoms with Crippen molar-refractivity contribution in [3.8, 4) is 0 Å². The minimum absolute atomic E-state index is 0.0559. The molecule has 4 nitrogen and oxygen atoms in total. The summed E-state index contributed by atoms with van der Waals surface area (Å²) in [5, 5.41) is 0. The van der Waals surface area contributed by atoms with Gasteiger partial charge in [-0.05, 0) is 24.5 Å². The summed E-state index contributed by atoms with van der Waals surface area (Å²) in [5.41, 5.74) is 1.80. The van der Waals surface area contributed by atoms with Crippen LogP contribution >= 0.6 is 14.7 Å². The largest absolute Gasteiger partial charge is 0.338 e. The fourth-order valence-electron chi connectivity index (χ4n) is 2.03. The van der Waals surface area contributed by atoms with Crippen LogP contribution in [0.1, 0.15) is 11.1 Å². The molecular weight excluding hydrogens is 330 g/mol. The Morgan fingerprint density at radius 2 is 1.13 bits per heavy atom. The van der Waals surface area contributed by atoms with Crippen LogP contribution in [0.4, 0.5) is 0 Å². The van der Waals surface area contributed by atoms with Gasteiger partial charge in [0.2, 0.25) is 0 Å². The highest BCUT2D eigenvalue weighted by Gasteiger charge is 2.31. The van der Waals surface area contributed by atoms with Crippen LogP contribution in [0.2, 0.25) is 0 Å². The van der Waals surface area contributed by atoms with Gasteiger partial charge in [0, 0.05) is 0 Å². The third-order valence-electron chi connectivity index (χ3n) is 3.06. The molecule has 0 N–H and O–H groups in total. The Morgan fingerprint density at radius 1 is 0.739 bits per heavy atom. The predicted molar refractivity (Wildman–Crippen MR) is 94.4 cm³/mol. The van der Waals surface area contributed by atoms with Gasteiger partial charge in [-0.15, -0.1) is 0 Å². The van der Waals surface area contributed by atoms with Gasteiger partial charge in [0.25, 0.3) is 0 Å².